The average molecular weight is 301 g/mol. The molecule has 0 bridgehead atoms. The monoisotopic (exact) mass is 300 g/mol. The molecule has 2 rings (SSSR count). The van der Waals surface area contributed by atoms with Crippen molar-refractivity contribution in [2.45, 2.75) is 26.0 Å². The molecule has 6 heteroatoms. The normalized spacial score (nSPS) is 15.4. The highest BCUT2D eigenvalue weighted by Gasteiger charge is 2.26. The van der Waals surface area contributed by atoms with E-state index in [1.54, 1.807) is 4.90 Å². The van der Waals surface area contributed by atoms with Gasteiger partial charge in [0, 0.05) is 12.6 Å². The molecule has 0 fully saturated rings. The first-order valence-electron chi connectivity index (χ1n) is 6.51. The lowest BCUT2D eigenvalue weighted by atomic mass is 10.2. The zero-order valence-electron chi connectivity index (χ0n) is 11.7. The van der Waals surface area contributed by atoms with Crippen LogP contribution in [0.5, 0.6) is 5.75 Å². The van der Waals surface area contributed by atoms with Crippen molar-refractivity contribution < 1.29 is 14.6 Å². The van der Waals surface area contributed by atoms with E-state index in [-0.39, 0.29) is 31.5 Å². The van der Waals surface area contributed by atoms with E-state index in [0.717, 1.165) is 5.69 Å². The molecule has 1 atom stereocenters. The molecule has 0 saturated heterocycles. The number of anilines is 1. The molecule has 1 aliphatic heterocycles. The van der Waals surface area contributed by atoms with Crippen molar-refractivity contribution in [3.05, 3.63) is 24.3 Å². The lowest BCUT2D eigenvalue weighted by molar-refractivity contribution is -0.121. The highest BCUT2D eigenvalue weighted by molar-refractivity contribution is 5.97. The van der Waals surface area contributed by atoms with E-state index in [1.165, 1.54) is 0 Å². The number of aliphatic hydroxyl groups excluding tert-OH is 1. The van der Waals surface area contributed by atoms with Crippen molar-refractivity contribution in [3.63, 3.8) is 0 Å². The summed E-state index contributed by atoms with van der Waals surface area (Å²) >= 11 is 0. The van der Waals surface area contributed by atoms with Gasteiger partial charge in [0.1, 0.15) is 5.75 Å². The van der Waals surface area contributed by atoms with Crippen molar-refractivity contribution in [2.24, 2.45) is 0 Å². The first-order chi connectivity index (χ1) is 9.08. The molecular formula is C14H21ClN2O3. The second-order valence-corrected chi connectivity index (χ2v) is 4.98. The smallest absolute Gasteiger partial charge is 0.265 e. The summed E-state index contributed by atoms with van der Waals surface area (Å²) in [6.07, 6.45) is -0.600. The first-order valence-corrected chi connectivity index (χ1v) is 6.51. The van der Waals surface area contributed by atoms with Gasteiger partial charge >= 0.3 is 0 Å². The number of carbonyl (C=O) groups is 1. The van der Waals surface area contributed by atoms with Crippen molar-refractivity contribution in [2.75, 3.05) is 24.6 Å². The van der Waals surface area contributed by atoms with Gasteiger partial charge in [-0.3, -0.25) is 4.79 Å². The molecule has 0 saturated carbocycles. The minimum atomic E-state index is -0.600. The van der Waals surface area contributed by atoms with Gasteiger partial charge in [-0.1, -0.05) is 26.0 Å². The number of halogens is 1. The highest BCUT2D eigenvalue weighted by atomic mass is 35.5. The fourth-order valence-electron chi connectivity index (χ4n) is 2.00. The predicted octanol–water partition coefficient (Wildman–Crippen LogP) is 1.19. The highest BCUT2D eigenvalue weighted by Crippen LogP contribution is 2.31. The number of benzene rings is 1. The Hall–Kier alpha value is -1.30. The van der Waals surface area contributed by atoms with Gasteiger partial charge in [-0.2, -0.15) is 0 Å². The second kappa shape index (κ2) is 7.47. The van der Waals surface area contributed by atoms with E-state index in [2.05, 4.69) is 5.32 Å². The van der Waals surface area contributed by atoms with Gasteiger partial charge in [-0.05, 0) is 12.1 Å². The quantitative estimate of drug-likeness (QED) is 0.857. The van der Waals surface area contributed by atoms with E-state index >= 15 is 0 Å². The standard InChI is InChI=1S/C14H20N2O3.ClH/c1-10(2)15-7-11(17)8-16-12-5-3-4-6-13(12)19-9-14(16)18;/h3-6,10-11,15,17H,7-9H2,1-2H3;1H. The lowest BCUT2D eigenvalue weighted by Crippen LogP contribution is -2.46. The third-order valence-corrected chi connectivity index (χ3v) is 2.96. The number of β-amino-alcohol motifs (C(OH)–C–C–N with tert-alkyl or cyclic N) is 1. The topological polar surface area (TPSA) is 61.8 Å². The van der Waals surface area contributed by atoms with Gasteiger partial charge in [0.25, 0.3) is 5.91 Å². The van der Waals surface area contributed by atoms with Gasteiger partial charge in [0.15, 0.2) is 6.61 Å². The van der Waals surface area contributed by atoms with Crippen LogP contribution in [0, 0.1) is 0 Å². The Kier molecular flexibility index (Phi) is 6.26. The van der Waals surface area contributed by atoms with E-state index in [1.807, 2.05) is 38.1 Å². The molecule has 2 N–H and O–H groups in total. The molecule has 112 valence electrons. The Bertz CT molecular complexity index is 454. The Labute approximate surface area is 125 Å². The van der Waals surface area contributed by atoms with Crippen LogP contribution in [0.1, 0.15) is 13.8 Å². The molecule has 1 aromatic rings. The molecule has 5 nitrogen and oxygen atoms in total. The third kappa shape index (κ3) is 4.10. The van der Waals surface area contributed by atoms with Crippen molar-refractivity contribution in [1.29, 1.82) is 0 Å². The van der Waals surface area contributed by atoms with Crippen LogP contribution in [-0.4, -0.2) is 42.9 Å². The predicted molar refractivity (Wildman–Crippen MR) is 80.7 cm³/mol. The summed E-state index contributed by atoms with van der Waals surface area (Å²) in [5.74, 6) is 0.563. The van der Waals surface area contributed by atoms with Crippen molar-refractivity contribution in [3.8, 4) is 5.75 Å². The summed E-state index contributed by atoms with van der Waals surface area (Å²) in [5, 5.41) is 13.2. The molecule has 0 spiro atoms. The maximum absolute atomic E-state index is 11.9. The number of hydrogen-bond donors (Lipinski definition) is 2. The van der Waals surface area contributed by atoms with Crippen LogP contribution in [0.25, 0.3) is 0 Å². The van der Waals surface area contributed by atoms with Crippen molar-refractivity contribution >= 4 is 24.0 Å². The summed E-state index contributed by atoms with van der Waals surface area (Å²) in [7, 11) is 0. The Morgan fingerprint density at radius 1 is 1.40 bits per heavy atom. The molecule has 0 aliphatic carbocycles. The van der Waals surface area contributed by atoms with Crippen LogP contribution in [-0.2, 0) is 4.79 Å². The zero-order valence-corrected chi connectivity index (χ0v) is 12.5. The fourth-order valence-corrected chi connectivity index (χ4v) is 2.00. The molecule has 20 heavy (non-hydrogen) atoms. The largest absolute Gasteiger partial charge is 0.482 e. The number of fused-ring (bicyclic) bond motifs is 1. The van der Waals surface area contributed by atoms with Gasteiger partial charge in [0.2, 0.25) is 0 Å². The van der Waals surface area contributed by atoms with Gasteiger partial charge < -0.3 is 20.1 Å². The number of ether oxygens (including phenoxy) is 1. The number of amides is 1. The van der Waals surface area contributed by atoms with E-state index in [0.29, 0.717) is 18.3 Å². The van der Waals surface area contributed by atoms with Crippen LogP contribution in [0.3, 0.4) is 0 Å². The number of carbonyl (C=O) groups excluding carboxylic acids is 1. The molecule has 1 heterocycles. The maximum atomic E-state index is 11.9. The Morgan fingerprint density at radius 2 is 2.10 bits per heavy atom. The molecular weight excluding hydrogens is 280 g/mol. The fraction of sp³-hybridized carbons (Fsp3) is 0.500. The molecule has 1 aliphatic rings. The minimum absolute atomic E-state index is 0. The van der Waals surface area contributed by atoms with Crippen LogP contribution in [0.4, 0.5) is 5.69 Å². The van der Waals surface area contributed by atoms with Gasteiger partial charge in [0.05, 0.1) is 18.3 Å². The lowest BCUT2D eigenvalue weighted by Gasteiger charge is -2.31. The molecule has 0 radical (unpaired) electrons. The SMILES string of the molecule is CC(C)NCC(O)CN1C(=O)COc2ccccc21.Cl. The molecule has 1 amide bonds. The maximum Gasteiger partial charge on any atom is 0.265 e. The number of nitrogens with one attached hydrogen (secondary N) is 1. The number of aliphatic hydroxyl groups is 1. The Balaban J connectivity index is 0.00000200. The van der Waals surface area contributed by atoms with E-state index < -0.39 is 6.10 Å². The van der Waals surface area contributed by atoms with Crippen molar-refractivity contribution in [1.82, 2.24) is 5.32 Å². The molecule has 1 aromatic carbocycles. The van der Waals surface area contributed by atoms with Crippen LogP contribution < -0.4 is 15.0 Å². The summed E-state index contributed by atoms with van der Waals surface area (Å²) in [5.41, 5.74) is 0.724. The number of para-hydroxylation sites is 2. The second-order valence-electron chi connectivity index (χ2n) is 4.98. The van der Waals surface area contributed by atoms with E-state index in [4.69, 9.17) is 4.74 Å². The summed E-state index contributed by atoms with van der Waals surface area (Å²) in [6.45, 7) is 4.80. The Morgan fingerprint density at radius 3 is 2.80 bits per heavy atom. The minimum Gasteiger partial charge on any atom is -0.482 e. The summed E-state index contributed by atoms with van der Waals surface area (Å²) in [6, 6.07) is 7.68. The van der Waals surface area contributed by atoms with Crippen LogP contribution >= 0.6 is 12.4 Å². The summed E-state index contributed by atoms with van der Waals surface area (Å²) in [4.78, 5) is 13.5. The zero-order chi connectivity index (χ0) is 13.8. The van der Waals surface area contributed by atoms with Gasteiger partial charge in [-0.15, -0.1) is 12.4 Å². The average Bonchev–Trinajstić information content (AvgIpc) is 2.40. The molecule has 1 unspecified atom stereocenters. The van der Waals surface area contributed by atoms with Crippen LogP contribution in [0.15, 0.2) is 24.3 Å². The van der Waals surface area contributed by atoms with Crippen LogP contribution in [0.2, 0.25) is 0 Å². The van der Waals surface area contributed by atoms with Gasteiger partial charge in [-0.25, -0.2) is 0 Å². The number of rotatable bonds is 5. The number of nitrogens with zero attached hydrogens (tertiary/aromatic N) is 1. The van der Waals surface area contributed by atoms with E-state index in [9.17, 15) is 9.90 Å². The third-order valence-electron chi connectivity index (χ3n) is 2.96. The first kappa shape index (κ1) is 16.8. The number of hydrogen-bond acceptors (Lipinski definition) is 4. The summed E-state index contributed by atoms with van der Waals surface area (Å²) < 4.78 is 5.36. The molecule has 0 aromatic heterocycles.